The highest BCUT2D eigenvalue weighted by atomic mass is 32.2. The summed E-state index contributed by atoms with van der Waals surface area (Å²) in [6.45, 7) is 5.74. The minimum absolute atomic E-state index is 0.0421. The Balaban J connectivity index is 1.41. The fourth-order valence-electron chi connectivity index (χ4n) is 5.68. The molecule has 0 bridgehead atoms. The number of fused-ring (bicyclic) bond motifs is 1. The molecule has 8 N–H and O–H groups in total. The number of anilines is 1. The van der Waals surface area contributed by atoms with Crippen molar-refractivity contribution < 1.29 is 61.7 Å². The molecule has 272 valence electrons. The summed E-state index contributed by atoms with van der Waals surface area (Å²) in [6, 6.07) is 1.65. The van der Waals surface area contributed by atoms with Gasteiger partial charge in [-0.2, -0.15) is 8.42 Å². The van der Waals surface area contributed by atoms with E-state index in [1.807, 2.05) is 0 Å². The van der Waals surface area contributed by atoms with Crippen molar-refractivity contribution in [3.63, 3.8) is 0 Å². The number of hydrogen-bond donors (Lipinski definition) is 7. The number of aliphatic hydroxyl groups is 2. The SMILES string of the molecule is Cc1cc(C)c(C(C)(C)CC(=O)NS(=O)(=O)OC[C@H]2O[C@@H](n3cnc4c(N)ncnc43)[C@H](O)[C@@H]2O)c(OC(=O)N[C@@H](CCC(=O)O)C(=O)O)c1. The summed E-state index contributed by atoms with van der Waals surface area (Å²) < 4.78 is 44.6. The normalized spacial score (nSPS) is 20.0. The van der Waals surface area contributed by atoms with E-state index in [1.165, 1.54) is 23.3 Å². The Hall–Kier alpha value is -4.96. The molecular formula is C29H37N7O13S. The summed E-state index contributed by atoms with van der Waals surface area (Å²) >= 11 is 0. The predicted molar refractivity (Wildman–Crippen MR) is 170 cm³/mol. The Labute approximate surface area is 284 Å². The van der Waals surface area contributed by atoms with Gasteiger partial charge in [0.1, 0.15) is 41.9 Å². The summed E-state index contributed by atoms with van der Waals surface area (Å²) in [6.07, 6.45) is -5.93. The van der Waals surface area contributed by atoms with E-state index in [-0.39, 0.29) is 22.7 Å². The highest BCUT2D eigenvalue weighted by Crippen LogP contribution is 2.38. The fraction of sp³-hybridized carbons (Fsp3) is 0.483. The number of nitrogens with two attached hydrogens (primary N) is 1. The van der Waals surface area contributed by atoms with Crippen LogP contribution in [0.1, 0.15) is 56.0 Å². The van der Waals surface area contributed by atoms with Crippen LogP contribution in [0.15, 0.2) is 24.8 Å². The maximum Gasteiger partial charge on any atom is 0.413 e. The van der Waals surface area contributed by atoms with Gasteiger partial charge in [-0.3, -0.25) is 18.3 Å². The number of rotatable bonds is 14. The van der Waals surface area contributed by atoms with Gasteiger partial charge in [-0.25, -0.2) is 29.3 Å². The second-order valence-electron chi connectivity index (χ2n) is 12.3. The number of nitrogen functional groups attached to an aromatic ring is 1. The molecule has 2 aromatic heterocycles. The van der Waals surface area contributed by atoms with E-state index >= 15 is 0 Å². The van der Waals surface area contributed by atoms with Crippen molar-refractivity contribution in [1.29, 1.82) is 0 Å². The molecule has 0 aliphatic carbocycles. The molecule has 0 unspecified atom stereocenters. The molecule has 1 aliphatic rings. The van der Waals surface area contributed by atoms with Crippen LogP contribution in [0.2, 0.25) is 0 Å². The average molecular weight is 724 g/mol. The van der Waals surface area contributed by atoms with Gasteiger partial charge in [-0.05, 0) is 37.5 Å². The third-order valence-corrected chi connectivity index (χ3v) is 8.71. The first-order valence-electron chi connectivity index (χ1n) is 15.0. The van der Waals surface area contributed by atoms with Gasteiger partial charge in [0.05, 0.1) is 12.9 Å². The van der Waals surface area contributed by atoms with E-state index < -0.39 is 96.1 Å². The molecule has 3 heterocycles. The van der Waals surface area contributed by atoms with Crippen molar-refractivity contribution >= 4 is 51.2 Å². The van der Waals surface area contributed by atoms with Crippen LogP contribution in [0.4, 0.5) is 10.6 Å². The lowest BCUT2D eigenvalue weighted by atomic mass is 9.78. The van der Waals surface area contributed by atoms with Crippen LogP contribution >= 0.6 is 0 Å². The molecule has 21 heteroatoms. The molecule has 5 atom stereocenters. The van der Waals surface area contributed by atoms with Gasteiger partial charge in [0.2, 0.25) is 5.91 Å². The maximum atomic E-state index is 13.0. The van der Waals surface area contributed by atoms with E-state index in [9.17, 15) is 42.9 Å². The van der Waals surface area contributed by atoms with Gasteiger partial charge in [-0.15, -0.1) is 0 Å². The van der Waals surface area contributed by atoms with E-state index in [2.05, 4.69) is 20.3 Å². The molecule has 0 saturated carbocycles. The number of aliphatic hydroxyl groups excluding tert-OH is 2. The molecule has 4 rings (SSSR count). The Morgan fingerprint density at radius 2 is 1.80 bits per heavy atom. The number of nitrogens with zero attached hydrogens (tertiary/aromatic N) is 4. The first kappa shape index (κ1) is 37.9. The number of hydrogen-bond acceptors (Lipinski definition) is 15. The third-order valence-electron chi connectivity index (χ3n) is 7.79. The predicted octanol–water partition coefficient (Wildman–Crippen LogP) is -0.204. The third kappa shape index (κ3) is 8.79. The number of carbonyl (C=O) groups excluding carboxylic acids is 2. The second kappa shape index (κ2) is 14.9. The van der Waals surface area contributed by atoms with Crippen LogP contribution < -0.4 is 20.5 Å². The van der Waals surface area contributed by atoms with Crippen LogP contribution in [-0.4, -0.2) is 103 Å². The largest absolute Gasteiger partial charge is 0.481 e. The van der Waals surface area contributed by atoms with Gasteiger partial charge in [0, 0.05) is 23.8 Å². The number of amides is 2. The standard InChI is InChI=1S/C29H37N7O13S/c1-13-7-14(2)20(16(8-13)49-28(44)34-15(27(42)43)5-6-19(38)39)29(3,4)9-18(37)35-50(45,46)47-10-17-22(40)23(41)26(48-17)36-12-33-21-24(30)31-11-32-25(21)36/h7-8,11-12,15,17,22-23,26,40-41H,5-6,9-10H2,1-4H3,(H,34,44)(H,35,37)(H,38,39)(H,42,43)(H2,30,31,32)/t15-,17+,22+,23+,26+/m0/s1. The lowest BCUT2D eigenvalue weighted by molar-refractivity contribution is -0.140. The van der Waals surface area contributed by atoms with E-state index in [1.54, 1.807) is 38.5 Å². The molecule has 50 heavy (non-hydrogen) atoms. The summed E-state index contributed by atoms with van der Waals surface area (Å²) in [7, 11) is -4.78. The summed E-state index contributed by atoms with van der Waals surface area (Å²) in [5.41, 5.74) is 6.54. The first-order chi connectivity index (χ1) is 23.3. The zero-order valence-electron chi connectivity index (χ0n) is 27.3. The number of benzene rings is 1. The minimum Gasteiger partial charge on any atom is -0.481 e. The van der Waals surface area contributed by atoms with Crippen molar-refractivity contribution in [2.75, 3.05) is 12.3 Å². The summed E-state index contributed by atoms with van der Waals surface area (Å²) in [5.74, 6) is -3.72. The van der Waals surface area contributed by atoms with Crippen LogP contribution in [0.5, 0.6) is 5.75 Å². The Morgan fingerprint density at radius 1 is 1.10 bits per heavy atom. The number of nitrogens with one attached hydrogen (secondary N) is 2. The monoisotopic (exact) mass is 723 g/mol. The van der Waals surface area contributed by atoms with E-state index in [4.69, 9.17) is 24.5 Å². The van der Waals surface area contributed by atoms with Crippen LogP contribution in [-0.2, 0) is 39.0 Å². The smallest absolute Gasteiger partial charge is 0.413 e. The number of imidazole rings is 1. The summed E-state index contributed by atoms with van der Waals surface area (Å²) in [5, 5.41) is 41.5. The highest BCUT2D eigenvalue weighted by Gasteiger charge is 2.45. The Bertz CT molecular complexity index is 1900. The number of ether oxygens (including phenoxy) is 2. The molecule has 1 aromatic carbocycles. The molecule has 1 saturated heterocycles. The Kier molecular flexibility index (Phi) is 11.3. The molecule has 2 amide bonds. The van der Waals surface area contributed by atoms with Gasteiger partial charge in [-0.1, -0.05) is 19.9 Å². The number of carbonyl (C=O) groups is 4. The van der Waals surface area contributed by atoms with Crippen LogP contribution in [0.25, 0.3) is 11.2 Å². The van der Waals surface area contributed by atoms with Crippen molar-refractivity contribution in [3.8, 4) is 5.75 Å². The molecule has 20 nitrogen and oxygen atoms in total. The lowest BCUT2D eigenvalue weighted by Gasteiger charge is -2.29. The number of aromatic nitrogens is 4. The first-order valence-corrected chi connectivity index (χ1v) is 16.4. The number of aliphatic carboxylic acids is 2. The zero-order chi connectivity index (χ0) is 37.1. The maximum absolute atomic E-state index is 13.0. The molecule has 3 aromatic rings. The molecule has 1 fully saturated rings. The second-order valence-corrected chi connectivity index (χ2v) is 13.6. The van der Waals surface area contributed by atoms with Crippen molar-refractivity contribution in [2.45, 2.75) is 83.0 Å². The van der Waals surface area contributed by atoms with Crippen molar-refractivity contribution in [3.05, 3.63) is 41.5 Å². The van der Waals surface area contributed by atoms with Gasteiger partial charge >= 0.3 is 28.3 Å². The lowest BCUT2D eigenvalue weighted by Crippen LogP contribution is -2.43. The quantitative estimate of drug-likeness (QED) is 0.113. The minimum atomic E-state index is -4.78. The fourth-order valence-corrected chi connectivity index (χ4v) is 6.40. The Morgan fingerprint density at radius 3 is 2.46 bits per heavy atom. The van der Waals surface area contributed by atoms with Gasteiger partial charge in [0.15, 0.2) is 17.7 Å². The molecular weight excluding hydrogens is 686 g/mol. The van der Waals surface area contributed by atoms with Crippen molar-refractivity contribution in [1.82, 2.24) is 29.6 Å². The topological polar surface area (TPSA) is 305 Å². The summed E-state index contributed by atoms with van der Waals surface area (Å²) in [4.78, 5) is 60.1. The van der Waals surface area contributed by atoms with Gasteiger partial charge in [0.25, 0.3) is 0 Å². The molecule has 0 radical (unpaired) electrons. The zero-order valence-corrected chi connectivity index (χ0v) is 28.1. The van der Waals surface area contributed by atoms with Crippen LogP contribution in [0.3, 0.4) is 0 Å². The average Bonchev–Trinajstić information content (AvgIpc) is 3.53. The van der Waals surface area contributed by atoms with Crippen LogP contribution in [0, 0.1) is 13.8 Å². The number of carboxylic acids is 2. The van der Waals surface area contributed by atoms with E-state index in [0.717, 1.165) is 0 Å². The number of aryl methyl sites for hydroxylation is 2. The number of carboxylic acid groups (broad SMARTS) is 2. The van der Waals surface area contributed by atoms with E-state index in [0.29, 0.717) is 16.7 Å². The van der Waals surface area contributed by atoms with Crippen molar-refractivity contribution in [2.24, 2.45) is 0 Å². The molecule has 0 spiro atoms. The highest BCUT2D eigenvalue weighted by molar-refractivity contribution is 7.85. The molecule has 1 aliphatic heterocycles. The van der Waals surface area contributed by atoms with Gasteiger partial charge < -0.3 is 41.0 Å².